The summed E-state index contributed by atoms with van der Waals surface area (Å²) in [5.74, 6) is 0.243. The number of benzene rings is 2. The second kappa shape index (κ2) is 9.95. The molecule has 0 saturated carbocycles. The van der Waals surface area contributed by atoms with Crippen molar-refractivity contribution in [1.29, 1.82) is 0 Å². The monoisotopic (exact) mass is 437 g/mol. The standard InChI is InChI=1S/C26H31NOS2/c1-18(28)15-24-16-26(3,4)14-13-25(24)30-19(2)21-9-11-23(12-10-21)22-7-5-20(6-8-22)17-27-29/h5-12,27-29H,1-2,13-17H2,3-4H3. The van der Waals surface area contributed by atoms with Gasteiger partial charge in [0.1, 0.15) is 0 Å². The molecule has 3 rings (SSSR count). The summed E-state index contributed by atoms with van der Waals surface area (Å²) in [6.45, 7) is 13.4. The van der Waals surface area contributed by atoms with Crippen LogP contribution in [0.1, 0.15) is 50.7 Å². The van der Waals surface area contributed by atoms with Gasteiger partial charge in [-0.05, 0) is 51.8 Å². The van der Waals surface area contributed by atoms with E-state index in [1.165, 1.54) is 27.2 Å². The number of hydrogen-bond acceptors (Lipinski definition) is 4. The third-order valence-corrected chi connectivity index (χ3v) is 6.94. The molecule has 158 valence electrons. The third-order valence-electron chi connectivity index (χ3n) is 5.56. The van der Waals surface area contributed by atoms with E-state index in [-0.39, 0.29) is 11.2 Å². The van der Waals surface area contributed by atoms with Crippen molar-refractivity contribution in [2.24, 2.45) is 5.41 Å². The van der Waals surface area contributed by atoms with Crippen molar-refractivity contribution in [3.8, 4) is 11.1 Å². The van der Waals surface area contributed by atoms with Gasteiger partial charge in [-0.2, -0.15) is 0 Å². The maximum Gasteiger partial charge on any atom is 0.0891 e. The lowest BCUT2D eigenvalue weighted by atomic mass is 9.76. The van der Waals surface area contributed by atoms with Gasteiger partial charge >= 0.3 is 0 Å². The van der Waals surface area contributed by atoms with E-state index in [1.807, 2.05) is 0 Å². The Balaban J connectivity index is 1.73. The summed E-state index contributed by atoms with van der Waals surface area (Å²) < 4.78 is 2.87. The van der Waals surface area contributed by atoms with Crippen molar-refractivity contribution in [3.63, 3.8) is 0 Å². The highest BCUT2D eigenvalue weighted by Crippen LogP contribution is 2.47. The number of allylic oxidation sites excluding steroid dienone is 2. The summed E-state index contributed by atoms with van der Waals surface area (Å²) in [6, 6.07) is 17.1. The normalized spacial score (nSPS) is 15.8. The first-order valence-electron chi connectivity index (χ1n) is 10.3. The summed E-state index contributed by atoms with van der Waals surface area (Å²) in [7, 11) is 0. The van der Waals surface area contributed by atoms with Gasteiger partial charge in [0.15, 0.2) is 0 Å². The van der Waals surface area contributed by atoms with Gasteiger partial charge < -0.3 is 5.11 Å². The van der Waals surface area contributed by atoms with Crippen molar-refractivity contribution < 1.29 is 5.11 Å². The van der Waals surface area contributed by atoms with E-state index >= 15 is 0 Å². The van der Waals surface area contributed by atoms with Gasteiger partial charge in [0.25, 0.3) is 0 Å². The Morgan fingerprint density at radius 3 is 2.23 bits per heavy atom. The highest BCUT2D eigenvalue weighted by molar-refractivity contribution is 8.11. The Morgan fingerprint density at radius 1 is 1.07 bits per heavy atom. The molecule has 2 aromatic rings. The van der Waals surface area contributed by atoms with Gasteiger partial charge in [0.2, 0.25) is 0 Å². The summed E-state index contributed by atoms with van der Waals surface area (Å²) in [5.41, 5.74) is 6.31. The molecule has 0 bridgehead atoms. The topological polar surface area (TPSA) is 32.3 Å². The van der Waals surface area contributed by atoms with Crippen LogP contribution < -0.4 is 4.72 Å². The van der Waals surface area contributed by atoms with Crippen molar-refractivity contribution in [2.45, 2.75) is 46.1 Å². The lowest BCUT2D eigenvalue weighted by Crippen LogP contribution is -2.18. The predicted molar refractivity (Wildman–Crippen MR) is 135 cm³/mol. The molecule has 4 heteroatoms. The number of rotatable bonds is 8. The molecule has 0 unspecified atom stereocenters. The summed E-state index contributed by atoms with van der Waals surface area (Å²) in [6.07, 6.45) is 3.75. The molecule has 2 N–H and O–H groups in total. The fourth-order valence-electron chi connectivity index (χ4n) is 3.89. The molecule has 0 heterocycles. The predicted octanol–water partition coefficient (Wildman–Crippen LogP) is 7.92. The lowest BCUT2D eigenvalue weighted by Gasteiger charge is -2.33. The summed E-state index contributed by atoms with van der Waals surface area (Å²) in [5, 5.41) is 9.76. The van der Waals surface area contributed by atoms with E-state index in [1.54, 1.807) is 11.8 Å². The molecule has 0 spiro atoms. The Labute approximate surface area is 190 Å². The molecule has 0 atom stereocenters. The smallest absolute Gasteiger partial charge is 0.0891 e. The highest BCUT2D eigenvalue weighted by atomic mass is 32.2. The molecule has 0 aromatic heterocycles. The molecular formula is C26H31NOS2. The number of nitrogens with one attached hydrogen (secondary N) is 1. The third kappa shape index (κ3) is 6.07. The van der Waals surface area contributed by atoms with Crippen molar-refractivity contribution >= 4 is 29.5 Å². The minimum atomic E-state index is 0.243. The van der Waals surface area contributed by atoms with Crippen LogP contribution in [-0.2, 0) is 6.54 Å². The zero-order valence-electron chi connectivity index (χ0n) is 17.9. The van der Waals surface area contributed by atoms with Crippen LogP contribution in [0.25, 0.3) is 16.0 Å². The van der Waals surface area contributed by atoms with Crippen LogP contribution in [0, 0.1) is 5.41 Å². The first-order chi connectivity index (χ1) is 14.3. The zero-order chi connectivity index (χ0) is 21.7. The quantitative estimate of drug-likeness (QED) is 0.290. The average molecular weight is 438 g/mol. The summed E-state index contributed by atoms with van der Waals surface area (Å²) in [4.78, 5) is 2.39. The lowest BCUT2D eigenvalue weighted by molar-refractivity contribution is 0.309. The van der Waals surface area contributed by atoms with Crippen molar-refractivity contribution in [1.82, 2.24) is 4.72 Å². The minimum Gasteiger partial charge on any atom is -0.513 e. The van der Waals surface area contributed by atoms with Crippen molar-refractivity contribution in [3.05, 3.63) is 89.1 Å². The van der Waals surface area contributed by atoms with Gasteiger partial charge in [-0.15, -0.1) is 0 Å². The number of thiol groups is 1. The number of hydrogen-bond donors (Lipinski definition) is 3. The Kier molecular flexibility index (Phi) is 7.56. The van der Waals surface area contributed by atoms with Gasteiger partial charge in [-0.25, -0.2) is 0 Å². The Bertz CT molecular complexity index is 940. The molecule has 0 amide bonds. The summed E-state index contributed by atoms with van der Waals surface area (Å²) >= 11 is 5.81. The van der Waals surface area contributed by atoms with Gasteiger partial charge in [-0.1, -0.05) is 106 Å². The van der Waals surface area contributed by atoms with E-state index in [2.05, 4.69) is 93.1 Å². The van der Waals surface area contributed by atoms with Crippen molar-refractivity contribution in [2.75, 3.05) is 0 Å². The van der Waals surface area contributed by atoms with Crippen LogP contribution in [0.5, 0.6) is 0 Å². The molecule has 1 aliphatic rings. The van der Waals surface area contributed by atoms with Gasteiger partial charge in [0.05, 0.1) is 5.76 Å². The zero-order valence-corrected chi connectivity index (χ0v) is 19.6. The number of aliphatic hydroxyl groups is 1. The number of aliphatic hydroxyl groups excluding tert-OH is 1. The van der Waals surface area contributed by atoms with Crippen LogP contribution in [-0.4, -0.2) is 5.11 Å². The second-order valence-electron chi connectivity index (χ2n) is 8.75. The molecular weight excluding hydrogens is 406 g/mol. The number of thioether (sulfide) groups is 1. The molecule has 2 nitrogen and oxygen atoms in total. The maximum atomic E-state index is 9.76. The molecule has 2 aromatic carbocycles. The van der Waals surface area contributed by atoms with Crippen LogP contribution in [0.15, 0.2) is 77.9 Å². The molecule has 0 fully saturated rings. The van der Waals surface area contributed by atoms with E-state index in [4.69, 9.17) is 0 Å². The van der Waals surface area contributed by atoms with Gasteiger partial charge in [-0.3, -0.25) is 4.72 Å². The van der Waals surface area contributed by atoms with Crippen LogP contribution in [0.2, 0.25) is 0 Å². The van der Waals surface area contributed by atoms with Crippen LogP contribution in [0.4, 0.5) is 0 Å². The largest absolute Gasteiger partial charge is 0.513 e. The Hall–Kier alpha value is -1.88. The first-order valence-corrected chi connectivity index (χ1v) is 11.5. The fourth-order valence-corrected chi connectivity index (χ4v) is 5.11. The van der Waals surface area contributed by atoms with Gasteiger partial charge in [0, 0.05) is 17.9 Å². The van der Waals surface area contributed by atoms with E-state index in [0.29, 0.717) is 6.42 Å². The second-order valence-corrected chi connectivity index (χ2v) is 10.3. The minimum absolute atomic E-state index is 0.243. The van der Waals surface area contributed by atoms with E-state index in [9.17, 15) is 5.11 Å². The average Bonchev–Trinajstić information content (AvgIpc) is 2.70. The van der Waals surface area contributed by atoms with Crippen LogP contribution >= 0.6 is 24.6 Å². The van der Waals surface area contributed by atoms with E-state index in [0.717, 1.165) is 36.3 Å². The van der Waals surface area contributed by atoms with Crippen LogP contribution in [0.3, 0.4) is 0 Å². The first kappa shape index (κ1) is 22.8. The molecule has 30 heavy (non-hydrogen) atoms. The fraction of sp³-hybridized carbons (Fsp3) is 0.308. The molecule has 0 radical (unpaired) electrons. The molecule has 0 saturated heterocycles. The van der Waals surface area contributed by atoms with E-state index < -0.39 is 0 Å². The maximum absolute atomic E-state index is 9.76. The Morgan fingerprint density at radius 2 is 1.67 bits per heavy atom. The molecule has 0 aliphatic heterocycles. The highest BCUT2D eigenvalue weighted by Gasteiger charge is 2.28. The SMILES string of the molecule is C=C(O)CC1=C(SC(=C)c2ccc(-c3ccc(CNS)cc3)cc2)CCC(C)(C)C1. The molecule has 1 aliphatic carbocycles.